The Morgan fingerprint density at radius 3 is 2.80 bits per heavy atom. The number of aryl methyl sites for hydroxylation is 2. The van der Waals surface area contributed by atoms with Crippen LogP contribution in [0.15, 0.2) is 24.7 Å². The van der Waals surface area contributed by atoms with E-state index in [2.05, 4.69) is 15.3 Å². The maximum Gasteiger partial charge on any atom is 0.213 e. The Morgan fingerprint density at radius 2 is 2.20 bits per heavy atom. The summed E-state index contributed by atoms with van der Waals surface area (Å²) in [4.78, 5) is 16.0. The highest BCUT2D eigenvalue weighted by Gasteiger charge is 2.15. The van der Waals surface area contributed by atoms with E-state index in [1.807, 2.05) is 6.92 Å². The smallest absolute Gasteiger partial charge is 0.213 e. The van der Waals surface area contributed by atoms with Crippen LogP contribution in [0, 0.1) is 6.92 Å². The van der Waals surface area contributed by atoms with Crippen molar-refractivity contribution in [2.75, 3.05) is 0 Å². The molecule has 2 heterocycles. The van der Waals surface area contributed by atoms with E-state index in [9.17, 15) is 4.79 Å². The molecule has 0 saturated carbocycles. The van der Waals surface area contributed by atoms with Crippen molar-refractivity contribution < 1.29 is 4.79 Å². The summed E-state index contributed by atoms with van der Waals surface area (Å²) in [5, 5.41) is 7.40. The molecule has 0 fully saturated rings. The maximum absolute atomic E-state index is 12.0. The molecule has 5 heteroatoms. The zero-order chi connectivity index (χ0) is 10.8. The highest BCUT2D eigenvalue weighted by Crippen LogP contribution is 2.10. The van der Waals surface area contributed by atoms with Crippen molar-refractivity contribution in [3.8, 4) is 0 Å². The standard InChI is InChI=1S/C10H10N4O/c1-7-5-11-4-3-8(7)10(15)9-6-12-13-14(9)2/h3-6H,1-2H3. The SMILES string of the molecule is Cc1cnccc1C(=O)c1cnnn1C. The first-order chi connectivity index (χ1) is 7.20. The van der Waals surface area contributed by atoms with Gasteiger partial charge in [-0.1, -0.05) is 5.21 Å². The fourth-order valence-electron chi connectivity index (χ4n) is 1.36. The molecule has 0 amide bonds. The van der Waals surface area contributed by atoms with Crippen LogP contribution in [-0.4, -0.2) is 25.8 Å². The molecule has 0 atom stereocenters. The third kappa shape index (κ3) is 1.63. The number of hydrogen-bond donors (Lipinski definition) is 0. The summed E-state index contributed by atoms with van der Waals surface area (Å²) >= 11 is 0. The lowest BCUT2D eigenvalue weighted by atomic mass is 10.1. The fraction of sp³-hybridized carbons (Fsp3) is 0.200. The van der Waals surface area contributed by atoms with Crippen LogP contribution < -0.4 is 0 Å². The zero-order valence-electron chi connectivity index (χ0n) is 8.51. The van der Waals surface area contributed by atoms with Crippen molar-refractivity contribution in [2.24, 2.45) is 7.05 Å². The van der Waals surface area contributed by atoms with Gasteiger partial charge in [-0.15, -0.1) is 5.10 Å². The first kappa shape index (κ1) is 9.51. The zero-order valence-corrected chi connectivity index (χ0v) is 8.51. The van der Waals surface area contributed by atoms with Crippen LogP contribution in [-0.2, 0) is 7.05 Å². The molecule has 0 aromatic carbocycles. The number of nitrogens with zero attached hydrogens (tertiary/aromatic N) is 4. The van der Waals surface area contributed by atoms with Crippen LogP contribution in [0.25, 0.3) is 0 Å². The molecular formula is C10H10N4O. The van der Waals surface area contributed by atoms with Gasteiger partial charge in [0.05, 0.1) is 6.20 Å². The molecule has 0 spiro atoms. The van der Waals surface area contributed by atoms with Crippen LogP contribution in [0.2, 0.25) is 0 Å². The largest absolute Gasteiger partial charge is 0.287 e. The number of rotatable bonds is 2. The van der Waals surface area contributed by atoms with Gasteiger partial charge in [-0.3, -0.25) is 9.78 Å². The molecule has 76 valence electrons. The summed E-state index contributed by atoms with van der Waals surface area (Å²) in [6.45, 7) is 1.85. The summed E-state index contributed by atoms with van der Waals surface area (Å²) in [7, 11) is 1.69. The van der Waals surface area contributed by atoms with E-state index in [-0.39, 0.29) is 5.78 Å². The monoisotopic (exact) mass is 202 g/mol. The molecule has 15 heavy (non-hydrogen) atoms. The van der Waals surface area contributed by atoms with E-state index in [1.54, 1.807) is 25.5 Å². The molecule has 2 aromatic heterocycles. The quantitative estimate of drug-likeness (QED) is 0.674. The molecule has 0 aliphatic rings. The summed E-state index contributed by atoms with van der Waals surface area (Å²) in [6, 6.07) is 1.70. The van der Waals surface area contributed by atoms with E-state index >= 15 is 0 Å². The lowest BCUT2D eigenvalue weighted by molar-refractivity contribution is 0.102. The normalized spacial score (nSPS) is 10.3. The Morgan fingerprint density at radius 1 is 1.40 bits per heavy atom. The van der Waals surface area contributed by atoms with Crippen molar-refractivity contribution in [3.63, 3.8) is 0 Å². The van der Waals surface area contributed by atoms with Gasteiger partial charge in [0.1, 0.15) is 5.69 Å². The molecule has 2 rings (SSSR count). The topological polar surface area (TPSA) is 60.7 Å². The molecule has 0 bridgehead atoms. The number of carbonyl (C=O) groups excluding carboxylic acids is 1. The summed E-state index contributed by atoms with van der Waals surface area (Å²) in [5.74, 6) is -0.0811. The molecule has 0 radical (unpaired) electrons. The Kier molecular flexibility index (Phi) is 2.29. The van der Waals surface area contributed by atoms with Gasteiger partial charge in [0.25, 0.3) is 0 Å². The van der Waals surface area contributed by atoms with Gasteiger partial charge >= 0.3 is 0 Å². The molecule has 5 nitrogen and oxygen atoms in total. The second kappa shape index (κ2) is 3.61. The summed E-state index contributed by atoms with van der Waals surface area (Å²) in [6.07, 6.45) is 4.73. The highest BCUT2D eigenvalue weighted by atomic mass is 16.1. The molecule has 2 aromatic rings. The van der Waals surface area contributed by atoms with Crippen LogP contribution in [0.5, 0.6) is 0 Å². The Labute approximate surface area is 86.8 Å². The lowest BCUT2D eigenvalue weighted by Crippen LogP contribution is -2.09. The third-order valence-electron chi connectivity index (χ3n) is 2.21. The van der Waals surface area contributed by atoms with Gasteiger partial charge in [-0.2, -0.15) is 0 Å². The predicted octanol–water partition coefficient (Wildman–Crippen LogP) is 0.750. The Hall–Kier alpha value is -2.04. The molecular weight excluding hydrogens is 192 g/mol. The molecule has 0 aliphatic heterocycles. The van der Waals surface area contributed by atoms with Crippen LogP contribution >= 0.6 is 0 Å². The van der Waals surface area contributed by atoms with E-state index in [1.165, 1.54) is 10.9 Å². The van der Waals surface area contributed by atoms with Crippen LogP contribution in [0.1, 0.15) is 21.6 Å². The van der Waals surface area contributed by atoms with Crippen molar-refractivity contribution in [1.29, 1.82) is 0 Å². The maximum atomic E-state index is 12.0. The number of pyridine rings is 1. The molecule has 0 N–H and O–H groups in total. The lowest BCUT2D eigenvalue weighted by Gasteiger charge is -2.02. The van der Waals surface area contributed by atoms with Gasteiger partial charge < -0.3 is 0 Å². The van der Waals surface area contributed by atoms with Crippen molar-refractivity contribution in [2.45, 2.75) is 6.92 Å². The summed E-state index contributed by atoms with van der Waals surface area (Å²) < 4.78 is 1.46. The van der Waals surface area contributed by atoms with E-state index in [4.69, 9.17) is 0 Å². The second-order valence-corrected chi connectivity index (χ2v) is 3.26. The van der Waals surface area contributed by atoms with Crippen LogP contribution in [0.3, 0.4) is 0 Å². The van der Waals surface area contributed by atoms with Gasteiger partial charge in [0.15, 0.2) is 0 Å². The average Bonchev–Trinajstić information content (AvgIpc) is 2.64. The van der Waals surface area contributed by atoms with Crippen molar-refractivity contribution in [1.82, 2.24) is 20.0 Å². The Balaban J connectivity index is 2.46. The van der Waals surface area contributed by atoms with E-state index in [0.717, 1.165) is 5.56 Å². The molecule has 0 saturated heterocycles. The van der Waals surface area contributed by atoms with E-state index < -0.39 is 0 Å². The van der Waals surface area contributed by atoms with Gasteiger partial charge in [0.2, 0.25) is 5.78 Å². The average molecular weight is 202 g/mol. The molecule has 0 unspecified atom stereocenters. The van der Waals surface area contributed by atoms with Crippen LogP contribution in [0.4, 0.5) is 0 Å². The first-order valence-corrected chi connectivity index (χ1v) is 4.50. The van der Waals surface area contributed by atoms with E-state index in [0.29, 0.717) is 11.3 Å². The fourth-order valence-corrected chi connectivity index (χ4v) is 1.36. The highest BCUT2D eigenvalue weighted by molar-refractivity contribution is 6.08. The number of carbonyl (C=O) groups is 1. The van der Waals surface area contributed by atoms with Crippen molar-refractivity contribution >= 4 is 5.78 Å². The Bertz CT molecular complexity index is 504. The van der Waals surface area contributed by atoms with Crippen molar-refractivity contribution in [3.05, 3.63) is 41.5 Å². The van der Waals surface area contributed by atoms with Gasteiger partial charge in [0, 0.05) is 25.0 Å². The number of hydrogen-bond acceptors (Lipinski definition) is 4. The summed E-state index contributed by atoms with van der Waals surface area (Å²) in [5.41, 5.74) is 1.96. The number of aromatic nitrogens is 4. The number of ketones is 1. The minimum absolute atomic E-state index is 0.0811. The predicted molar refractivity (Wildman–Crippen MR) is 53.4 cm³/mol. The minimum atomic E-state index is -0.0811. The van der Waals surface area contributed by atoms with Gasteiger partial charge in [-0.05, 0) is 18.6 Å². The third-order valence-corrected chi connectivity index (χ3v) is 2.21. The second-order valence-electron chi connectivity index (χ2n) is 3.26. The minimum Gasteiger partial charge on any atom is -0.287 e. The first-order valence-electron chi connectivity index (χ1n) is 4.50. The molecule has 0 aliphatic carbocycles. The van der Waals surface area contributed by atoms with Gasteiger partial charge in [-0.25, -0.2) is 4.68 Å².